The maximum absolute atomic E-state index is 7.67. The van der Waals surface area contributed by atoms with Crippen LogP contribution in [0.1, 0.15) is 0 Å². The standard InChI is InChI=1S/2C2H6O3.3Ni.2H2O/c2*3-1-2(4)5;;;;;/h2*2-5H,1H2;;;;2*1H2. The number of rotatable bonds is 2. The van der Waals surface area contributed by atoms with Crippen LogP contribution in [-0.2, 0) is 49.5 Å². The molecule has 11 heteroatoms. The molecule has 0 rings (SSSR count). The Morgan fingerprint density at radius 3 is 0.667 bits per heavy atom. The summed E-state index contributed by atoms with van der Waals surface area (Å²) in [7, 11) is 0. The van der Waals surface area contributed by atoms with Crippen LogP contribution < -0.4 is 0 Å². The maximum atomic E-state index is 7.67. The van der Waals surface area contributed by atoms with Gasteiger partial charge < -0.3 is 41.6 Å². The van der Waals surface area contributed by atoms with Crippen LogP contribution in [0.25, 0.3) is 0 Å². The number of hydrogen-bond acceptors (Lipinski definition) is 6. The van der Waals surface area contributed by atoms with Gasteiger partial charge in [0.05, 0.1) is 13.2 Å². The molecule has 0 saturated heterocycles. The molecule has 0 aromatic rings. The second-order valence-corrected chi connectivity index (χ2v) is 1.33. The van der Waals surface area contributed by atoms with Crippen molar-refractivity contribution in [2.24, 2.45) is 0 Å². The van der Waals surface area contributed by atoms with Gasteiger partial charge in [0.1, 0.15) is 0 Å². The number of aliphatic hydroxyl groups is 6. The third kappa shape index (κ3) is 98.6. The first-order valence-electron chi connectivity index (χ1n) is 2.48. The molecule has 0 aromatic carbocycles. The van der Waals surface area contributed by atoms with Crippen molar-refractivity contribution in [2.45, 2.75) is 12.6 Å². The molecule has 0 spiro atoms. The van der Waals surface area contributed by atoms with E-state index in [1.54, 1.807) is 0 Å². The Morgan fingerprint density at radius 1 is 0.600 bits per heavy atom. The van der Waals surface area contributed by atoms with Crippen LogP contribution in [0.15, 0.2) is 0 Å². The van der Waals surface area contributed by atoms with E-state index in [1.807, 2.05) is 0 Å². The van der Waals surface area contributed by atoms with Crippen molar-refractivity contribution in [2.75, 3.05) is 13.2 Å². The molecule has 0 aliphatic rings. The fourth-order valence-electron chi connectivity index (χ4n) is 0. The van der Waals surface area contributed by atoms with E-state index in [9.17, 15) is 0 Å². The predicted molar refractivity (Wildman–Crippen MR) is 37.9 cm³/mol. The smallest absolute Gasteiger partial charge is 0.175 e. The van der Waals surface area contributed by atoms with Crippen LogP contribution in [0, 0.1) is 0 Å². The van der Waals surface area contributed by atoms with Gasteiger partial charge in [0.25, 0.3) is 0 Å². The Kier molecular flexibility index (Phi) is 107. The van der Waals surface area contributed by atoms with Gasteiger partial charge in [-0.05, 0) is 0 Å². The Labute approximate surface area is 117 Å². The van der Waals surface area contributed by atoms with Gasteiger partial charge in [-0.2, -0.15) is 0 Å². The Balaban J connectivity index is -0.0000000128. The summed E-state index contributed by atoms with van der Waals surface area (Å²) in [5.41, 5.74) is 0. The monoisotopic (exact) mass is 366 g/mol. The van der Waals surface area contributed by atoms with Gasteiger partial charge in [-0.25, -0.2) is 0 Å². The second kappa shape index (κ2) is 36.2. The summed E-state index contributed by atoms with van der Waals surface area (Å²) in [6, 6.07) is 0. The minimum Gasteiger partial charge on any atom is -0.412 e. The summed E-state index contributed by atoms with van der Waals surface area (Å²) in [6.07, 6.45) is -3.12. The molecule has 15 heavy (non-hydrogen) atoms. The predicted octanol–water partition coefficient (Wildman–Crippen LogP) is -5.08. The largest absolute Gasteiger partial charge is 0.412 e. The summed E-state index contributed by atoms with van der Waals surface area (Å²) < 4.78 is 0. The normalized spacial score (nSPS) is 6.40. The van der Waals surface area contributed by atoms with Gasteiger partial charge in [-0.1, -0.05) is 0 Å². The number of aliphatic hydroxyl groups excluding tert-OH is 4. The quantitative estimate of drug-likeness (QED) is 0.209. The van der Waals surface area contributed by atoms with Gasteiger partial charge in [0, 0.05) is 49.5 Å². The maximum Gasteiger partial charge on any atom is 0.175 e. The number of hydrogen-bond donors (Lipinski definition) is 6. The van der Waals surface area contributed by atoms with Crippen molar-refractivity contribution in [3.63, 3.8) is 0 Å². The van der Waals surface area contributed by atoms with Crippen LogP contribution in [0.2, 0.25) is 0 Å². The van der Waals surface area contributed by atoms with Crippen LogP contribution in [-0.4, -0.2) is 67.4 Å². The zero-order valence-corrected chi connectivity index (χ0v) is 10.2. The summed E-state index contributed by atoms with van der Waals surface area (Å²) in [4.78, 5) is 0. The van der Waals surface area contributed by atoms with E-state index in [4.69, 9.17) is 30.6 Å². The van der Waals surface area contributed by atoms with E-state index in [2.05, 4.69) is 0 Å². The first-order valence-corrected chi connectivity index (χ1v) is 2.48. The fourth-order valence-corrected chi connectivity index (χ4v) is 0. The van der Waals surface area contributed by atoms with Gasteiger partial charge in [-0.15, -0.1) is 0 Å². The van der Waals surface area contributed by atoms with Crippen molar-refractivity contribution in [3.8, 4) is 0 Å². The molecule has 0 radical (unpaired) electrons. The molecule has 8 nitrogen and oxygen atoms in total. The zero-order valence-electron chi connectivity index (χ0n) is 7.20. The molecular weight excluding hydrogens is 352 g/mol. The minimum atomic E-state index is -1.56. The fraction of sp³-hybridized carbons (Fsp3) is 1.00. The van der Waals surface area contributed by atoms with E-state index in [-0.39, 0.29) is 60.4 Å². The molecule has 0 saturated carbocycles. The SMILES string of the molecule is O.O.OCC(O)O.OCC(O)O.[Ni].[Ni].[Ni]. The van der Waals surface area contributed by atoms with E-state index in [0.717, 1.165) is 0 Å². The molecule has 0 aliphatic heterocycles. The Morgan fingerprint density at radius 2 is 0.667 bits per heavy atom. The third-order valence-electron chi connectivity index (χ3n) is 0.327. The first-order chi connectivity index (χ1) is 4.54. The van der Waals surface area contributed by atoms with Crippen LogP contribution in [0.5, 0.6) is 0 Å². The van der Waals surface area contributed by atoms with Gasteiger partial charge in [0.2, 0.25) is 0 Å². The molecule has 0 aliphatic carbocycles. The van der Waals surface area contributed by atoms with Crippen LogP contribution in [0.3, 0.4) is 0 Å². The van der Waals surface area contributed by atoms with Crippen molar-refractivity contribution >= 4 is 0 Å². The molecule has 0 bridgehead atoms. The third-order valence-corrected chi connectivity index (χ3v) is 0.327. The van der Waals surface area contributed by atoms with E-state index in [0.29, 0.717) is 0 Å². The molecular formula is C4H16Ni3O8. The molecule has 0 amide bonds. The summed E-state index contributed by atoms with van der Waals surface area (Å²) in [5, 5.41) is 46.0. The molecule has 0 fully saturated rings. The summed E-state index contributed by atoms with van der Waals surface area (Å²) in [5.74, 6) is 0. The van der Waals surface area contributed by atoms with Crippen molar-refractivity contribution in [1.29, 1.82) is 0 Å². The van der Waals surface area contributed by atoms with Crippen molar-refractivity contribution in [1.82, 2.24) is 0 Å². The zero-order chi connectivity index (χ0) is 8.57. The van der Waals surface area contributed by atoms with E-state index in [1.165, 1.54) is 0 Å². The van der Waals surface area contributed by atoms with Gasteiger partial charge in [-0.3, -0.25) is 0 Å². The van der Waals surface area contributed by atoms with E-state index >= 15 is 0 Å². The molecule has 0 aromatic heterocycles. The molecule has 0 atom stereocenters. The van der Waals surface area contributed by atoms with Crippen LogP contribution >= 0.6 is 0 Å². The van der Waals surface area contributed by atoms with Crippen LogP contribution in [0.4, 0.5) is 0 Å². The average molecular weight is 368 g/mol. The molecule has 110 valence electrons. The first kappa shape index (κ1) is 44.3. The molecule has 0 heterocycles. The van der Waals surface area contributed by atoms with Gasteiger partial charge >= 0.3 is 0 Å². The average Bonchev–Trinajstić information content (AvgIpc) is 1.89. The van der Waals surface area contributed by atoms with Crippen molar-refractivity contribution in [3.05, 3.63) is 0 Å². The van der Waals surface area contributed by atoms with E-state index < -0.39 is 25.8 Å². The second-order valence-electron chi connectivity index (χ2n) is 1.33. The molecule has 10 N–H and O–H groups in total. The topological polar surface area (TPSA) is 184 Å². The van der Waals surface area contributed by atoms with Crippen molar-refractivity contribution < 1.29 is 91.1 Å². The Hall–Kier alpha value is 1.16. The minimum absolute atomic E-state index is 0. The summed E-state index contributed by atoms with van der Waals surface area (Å²) >= 11 is 0. The Bertz CT molecular complexity index is 57.8. The van der Waals surface area contributed by atoms with Gasteiger partial charge in [0.15, 0.2) is 12.6 Å². The molecule has 0 unspecified atom stereocenters. The summed E-state index contributed by atoms with van der Waals surface area (Å²) in [6.45, 7) is -1.17.